The Hall–Kier alpha value is -5.03. The number of anilines is 1. The number of hydrogen-bond acceptors (Lipinski definition) is 8. The van der Waals surface area contributed by atoms with Crippen molar-refractivity contribution in [1.29, 1.82) is 0 Å². The second-order valence-corrected chi connectivity index (χ2v) is 8.69. The molecule has 2 N–H and O–H groups in total. The number of carbonyl (C=O) groups excluding carboxylic acids is 1. The maximum atomic E-state index is 12.2. The molecule has 37 heavy (non-hydrogen) atoms. The van der Waals surface area contributed by atoms with Crippen molar-refractivity contribution >= 4 is 33.7 Å². The van der Waals surface area contributed by atoms with E-state index in [0.29, 0.717) is 28.4 Å². The molecule has 11 heteroatoms. The molecule has 0 spiro atoms. The lowest BCUT2D eigenvalue weighted by Gasteiger charge is -2.27. The largest absolute Gasteiger partial charge is 0.335 e. The van der Waals surface area contributed by atoms with Crippen molar-refractivity contribution in [1.82, 2.24) is 45.1 Å². The van der Waals surface area contributed by atoms with Gasteiger partial charge in [0.1, 0.15) is 11.0 Å². The summed E-state index contributed by atoms with van der Waals surface area (Å²) in [6.45, 7) is 1.51. The van der Waals surface area contributed by atoms with Crippen LogP contribution in [0.4, 0.5) is 5.69 Å². The number of nitrogens with one attached hydrogen (secondary N) is 2. The van der Waals surface area contributed by atoms with Gasteiger partial charge in [-0.15, -0.1) is 0 Å². The van der Waals surface area contributed by atoms with Crippen LogP contribution >= 0.6 is 0 Å². The van der Waals surface area contributed by atoms with E-state index in [0.717, 1.165) is 33.2 Å². The lowest BCUT2D eigenvalue weighted by molar-refractivity contribution is -0.118. The molecule has 6 heterocycles. The molecule has 11 nitrogen and oxygen atoms in total. The molecular weight excluding hydrogens is 468 g/mol. The Labute approximate surface area is 211 Å². The van der Waals surface area contributed by atoms with E-state index in [9.17, 15) is 4.79 Å². The molecule has 0 aromatic carbocycles. The summed E-state index contributed by atoms with van der Waals surface area (Å²) in [6, 6.07) is 9.55. The normalized spacial score (nSPS) is 11.5. The third-order valence-electron chi connectivity index (χ3n) is 5.96. The second kappa shape index (κ2) is 8.88. The van der Waals surface area contributed by atoms with Crippen LogP contribution in [0.25, 0.3) is 56.0 Å². The lowest BCUT2D eigenvalue weighted by atomic mass is 10.1. The van der Waals surface area contributed by atoms with Gasteiger partial charge < -0.3 is 4.98 Å². The average molecular weight is 491 g/mol. The van der Waals surface area contributed by atoms with Crippen LogP contribution in [-0.2, 0) is 4.79 Å². The molecule has 0 aliphatic carbocycles. The van der Waals surface area contributed by atoms with Gasteiger partial charge in [0.2, 0.25) is 5.91 Å². The van der Waals surface area contributed by atoms with Gasteiger partial charge in [-0.1, -0.05) is 6.07 Å². The Bertz CT molecular complexity index is 1760. The van der Waals surface area contributed by atoms with E-state index in [1.54, 1.807) is 61.3 Å². The molecule has 0 saturated carbocycles. The molecule has 0 aliphatic heterocycles. The van der Waals surface area contributed by atoms with E-state index in [-0.39, 0.29) is 5.91 Å². The predicted octanol–water partition coefficient (Wildman–Crippen LogP) is 3.85. The molecule has 0 unspecified atom stereocenters. The monoisotopic (exact) mass is 490 g/mol. The average Bonchev–Trinajstić information content (AvgIpc) is 3.52. The first kappa shape index (κ1) is 22.4. The number of hydrazine groups is 1. The van der Waals surface area contributed by atoms with Gasteiger partial charge in [-0.05, 0) is 24.3 Å². The Balaban J connectivity index is 1.44. The first-order valence-corrected chi connectivity index (χ1v) is 11.5. The highest BCUT2D eigenvalue weighted by molar-refractivity contribution is 5.96. The van der Waals surface area contributed by atoms with Gasteiger partial charge in [0, 0.05) is 62.5 Å². The molecule has 0 radical (unpaired) electrons. The summed E-state index contributed by atoms with van der Waals surface area (Å²) in [4.78, 5) is 38.2. The molecule has 0 fully saturated rings. The summed E-state index contributed by atoms with van der Waals surface area (Å²) in [6.07, 6.45) is 10.4. The Morgan fingerprint density at radius 3 is 2.49 bits per heavy atom. The fourth-order valence-electron chi connectivity index (χ4n) is 4.38. The van der Waals surface area contributed by atoms with Crippen LogP contribution in [0.2, 0.25) is 0 Å². The van der Waals surface area contributed by atoms with Crippen LogP contribution < -0.4 is 5.01 Å². The number of amides is 1. The molecule has 0 saturated heterocycles. The predicted molar refractivity (Wildman–Crippen MR) is 140 cm³/mol. The molecular formula is C26H22N10O. The van der Waals surface area contributed by atoms with E-state index in [4.69, 9.17) is 9.97 Å². The molecule has 1 amide bonds. The molecule has 6 aromatic rings. The van der Waals surface area contributed by atoms with Crippen molar-refractivity contribution < 1.29 is 4.79 Å². The number of carbonyl (C=O) groups is 1. The van der Waals surface area contributed by atoms with Crippen LogP contribution in [0, 0.1) is 0 Å². The zero-order valence-corrected chi connectivity index (χ0v) is 20.3. The number of aromatic nitrogens is 8. The summed E-state index contributed by atoms with van der Waals surface area (Å²) < 4.78 is 0. The molecule has 6 aromatic heterocycles. The first-order chi connectivity index (χ1) is 18.0. The van der Waals surface area contributed by atoms with Gasteiger partial charge in [-0.3, -0.25) is 24.8 Å². The molecule has 0 atom stereocenters. The van der Waals surface area contributed by atoms with Crippen molar-refractivity contribution in [2.24, 2.45) is 0 Å². The molecule has 182 valence electrons. The maximum absolute atomic E-state index is 12.2. The third kappa shape index (κ3) is 3.96. The minimum atomic E-state index is -0.116. The quantitative estimate of drug-likeness (QED) is 0.348. The van der Waals surface area contributed by atoms with Gasteiger partial charge in [0.15, 0.2) is 11.5 Å². The van der Waals surface area contributed by atoms with Gasteiger partial charge >= 0.3 is 0 Å². The minimum Gasteiger partial charge on any atom is -0.335 e. The van der Waals surface area contributed by atoms with Crippen LogP contribution in [0.15, 0.2) is 67.5 Å². The smallest absolute Gasteiger partial charge is 0.238 e. The highest BCUT2D eigenvalue weighted by atomic mass is 16.2. The second-order valence-electron chi connectivity index (χ2n) is 8.69. The summed E-state index contributed by atoms with van der Waals surface area (Å²) in [5.41, 5.74) is 7.50. The van der Waals surface area contributed by atoms with E-state index >= 15 is 0 Å². The van der Waals surface area contributed by atoms with E-state index in [2.05, 4.69) is 30.1 Å². The SMILES string of the molecule is CC(=O)N(c1cncc(-c2ccc3[nH]nc(-c4nc5c(-c6cccnc6)cncc5[nH]4)c3n2)c1)N(C)C. The van der Waals surface area contributed by atoms with E-state index in [1.165, 1.54) is 6.92 Å². The molecule has 0 bridgehead atoms. The highest BCUT2D eigenvalue weighted by Crippen LogP contribution is 2.31. The zero-order chi connectivity index (χ0) is 25.5. The van der Waals surface area contributed by atoms with Crippen molar-refractivity contribution in [3.05, 3.63) is 67.5 Å². The fourth-order valence-corrected chi connectivity index (χ4v) is 4.38. The standard InChI is InChI=1S/C26H22N10O/c1-15(37)36(35(2)3)18-9-17(11-28-12-18)20-6-7-21-24(30-20)25(34-33-21)26-31-22-14-29-13-19(23(22)32-26)16-5-4-8-27-10-16/h4-14H,1-3H3,(H,31,32)(H,33,34). The van der Waals surface area contributed by atoms with Crippen molar-refractivity contribution in [2.75, 3.05) is 19.1 Å². The van der Waals surface area contributed by atoms with Gasteiger partial charge in [0.25, 0.3) is 0 Å². The van der Waals surface area contributed by atoms with E-state index in [1.807, 2.05) is 30.3 Å². The number of fused-ring (bicyclic) bond motifs is 2. The summed E-state index contributed by atoms with van der Waals surface area (Å²) in [7, 11) is 3.61. The Morgan fingerprint density at radius 1 is 0.865 bits per heavy atom. The van der Waals surface area contributed by atoms with E-state index < -0.39 is 0 Å². The number of pyridine rings is 4. The lowest BCUT2D eigenvalue weighted by Crippen LogP contribution is -2.40. The van der Waals surface area contributed by atoms with Crippen LogP contribution in [0.1, 0.15) is 6.92 Å². The topological polar surface area (TPSA) is 132 Å². The van der Waals surface area contributed by atoms with Gasteiger partial charge in [-0.25, -0.2) is 20.0 Å². The summed E-state index contributed by atoms with van der Waals surface area (Å²) in [5.74, 6) is 0.459. The highest BCUT2D eigenvalue weighted by Gasteiger charge is 2.19. The molecule has 0 aliphatic rings. The molecule has 6 rings (SSSR count). The Kier molecular flexibility index (Phi) is 5.38. The maximum Gasteiger partial charge on any atom is 0.238 e. The van der Waals surface area contributed by atoms with Crippen molar-refractivity contribution in [3.63, 3.8) is 0 Å². The van der Waals surface area contributed by atoms with Crippen molar-refractivity contribution in [2.45, 2.75) is 6.92 Å². The van der Waals surface area contributed by atoms with Crippen LogP contribution in [0.5, 0.6) is 0 Å². The zero-order valence-electron chi connectivity index (χ0n) is 20.3. The van der Waals surface area contributed by atoms with Crippen LogP contribution in [-0.4, -0.2) is 65.1 Å². The Morgan fingerprint density at radius 2 is 1.70 bits per heavy atom. The third-order valence-corrected chi connectivity index (χ3v) is 5.96. The number of rotatable bonds is 5. The van der Waals surface area contributed by atoms with Gasteiger partial charge in [-0.2, -0.15) is 5.10 Å². The fraction of sp³-hybridized carbons (Fsp3) is 0.115. The summed E-state index contributed by atoms with van der Waals surface area (Å²) >= 11 is 0. The van der Waals surface area contributed by atoms with Crippen molar-refractivity contribution in [3.8, 4) is 33.9 Å². The van der Waals surface area contributed by atoms with Crippen LogP contribution in [0.3, 0.4) is 0 Å². The van der Waals surface area contributed by atoms with Gasteiger partial charge in [0.05, 0.1) is 34.8 Å². The number of H-pyrrole nitrogens is 2. The number of hydrogen-bond donors (Lipinski definition) is 2. The number of nitrogens with zero attached hydrogens (tertiary/aromatic N) is 8. The number of imidazole rings is 1. The first-order valence-electron chi connectivity index (χ1n) is 11.5. The minimum absolute atomic E-state index is 0.116. The summed E-state index contributed by atoms with van der Waals surface area (Å²) in [5, 5.41) is 10.8. The number of aromatic amines is 2.